The highest BCUT2D eigenvalue weighted by molar-refractivity contribution is 7.91. The molecule has 1 saturated heterocycles. The second-order valence-electron chi connectivity index (χ2n) is 9.61. The number of likely N-dealkylation sites (tertiary alicyclic amines) is 1. The van der Waals surface area contributed by atoms with Gasteiger partial charge in [0.25, 0.3) is 9.84 Å². The number of alkyl halides is 4. The van der Waals surface area contributed by atoms with Crippen molar-refractivity contribution in [2.45, 2.75) is 49.9 Å². The summed E-state index contributed by atoms with van der Waals surface area (Å²) in [5, 5.41) is 2.58. The summed E-state index contributed by atoms with van der Waals surface area (Å²) in [6.45, 7) is 0.0176. The number of carbonyl (C=O) groups is 3. The summed E-state index contributed by atoms with van der Waals surface area (Å²) in [5.74, 6) is -3.99. The van der Waals surface area contributed by atoms with E-state index in [0.717, 1.165) is 17.0 Å². The average molecular weight is 620 g/mol. The summed E-state index contributed by atoms with van der Waals surface area (Å²) in [4.78, 5) is 39.3. The molecule has 220 valence electrons. The first kappa shape index (κ1) is 30.4. The van der Waals surface area contributed by atoms with E-state index in [9.17, 15) is 44.8 Å². The van der Waals surface area contributed by atoms with Crippen LogP contribution in [0, 0.1) is 5.82 Å². The van der Waals surface area contributed by atoms with Gasteiger partial charge >= 0.3 is 5.51 Å². The molecule has 0 unspecified atom stereocenters. The van der Waals surface area contributed by atoms with Gasteiger partial charge in [-0.15, -0.1) is 0 Å². The van der Waals surface area contributed by atoms with Crippen LogP contribution in [0.15, 0.2) is 42.6 Å². The highest BCUT2D eigenvalue weighted by atomic mass is 35.5. The average Bonchev–Trinajstić information content (AvgIpc) is 3.44. The van der Waals surface area contributed by atoms with Crippen LogP contribution < -0.4 is 5.32 Å². The summed E-state index contributed by atoms with van der Waals surface area (Å²) >= 11 is 5.75. The summed E-state index contributed by atoms with van der Waals surface area (Å²) in [6, 6.07) is 6.53. The van der Waals surface area contributed by atoms with Gasteiger partial charge < -0.3 is 14.8 Å². The maximum absolute atomic E-state index is 14.4. The maximum Gasteiger partial charge on any atom is 0.497 e. The predicted octanol–water partition coefficient (Wildman–Crippen LogP) is 4.33. The number of ketones is 1. The second-order valence-corrected chi connectivity index (χ2v) is 12.0. The van der Waals surface area contributed by atoms with Crippen molar-refractivity contribution < 1.29 is 44.8 Å². The van der Waals surface area contributed by atoms with Crippen molar-refractivity contribution in [2.24, 2.45) is 0 Å². The Morgan fingerprint density at radius 1 is 1.15 bits per heavy atom. The fraction of sp³-hybridized carbons (Fsp3) is 0.346. The Balaban J connectivity index is 1.58. The molecule has 2 heterocycles. The Morgan fingerprint density at radius 2 is 1.85 bits per heavy atom. The number of halogens is 6. The van der Waals surface area contributed by atoms with Crippen LogP contribution in [-0.4, -0.2) is 59.7 Å². The Bertz CT molecular complexity index is 1640. The number of sulfone groups is 1. The summed E-state index contributed by atoms with van der Waals surface area (Å²) in [5.41, 5.74) is -5.39. The quantitative estimate of drug-likeness (QED) is 0.299. The van der Waals surface area contributed by atoms with Crippen molar-refractivity contribution in [3.05, 3.63) is 70.1 Å². The molecule has 1 N–H and O–H groups in total. The smallest absolute Gasteiger partial charge is 0.350 e. The molecule has 1 fully saturated rings. The molecule has 3 aromatic rings. The monoisotopic (exact) mass is 619 g/mol. The third-order valence-corrected chi connectivity index (χ3v) is 8.41. The van der Waals surface area contributed by atoms with Crippen LogP contribution in [0.5, 0.6) is 0 Å². The number of amides is 2. The number of nitrogens with zero attached hydrogens (tertiary/aromatic N) is 2. The molecule has 8 nitrogen and oxygen atoms in total. The van der Waals surface area contributed by atoms with E-state index in [0.29, 0.717) is 0 Å². The van der Waals surface area contributed by atoms with Crippen molar-refractivity contribution in [2.75, 3.05) is 6.54 Å². The van der Waals surface area contributed by atoms with Gasteiger partial charge in [0.1, 0.15) is 24.6 Å². The van der Waals surface area contributed by atoms with E-state index >= 15 is 0 Å². The number of hydrogen-bond acceptors (Lipinski definition) is 5. The molecular formula is C26H23ClF5N3O5S. The van der Waals surface area contributed by atoms with E-state index in [1.54, 1.807) is 0 Å². The zero-order valence-corrected chi connectivity index (χ0v) is 22.9. The van der Waals surface area contributed by atoms with Gasteiger partial charge in [0.2, 0.25) is 11.8 Å². The number of carbonyl (C=O) groups excluding carboxylic acids is 3. The Hall–Kier alpha value is -3.52. The molecule has 0 saturated carbocycles. The molecule has 15 heteroatoms. The minimum atomic E-state index is -5.50. The lowest BCUT2D eigenvalue weighted by Crippen LogP contribution is -2.46. The molecule has 0 spiro atoms. The van der Waals surface area contributed by atoms with E-state index in [1.807, 2.05) is 0 Å². The minimum Gasteiger partial charge on any atom is -0.350 e. The van der Waals surface area contributed by atoms with E-state index in [1.165, 1.54) is 42.0 Å². The number of nitrogens with one attached hydrogen (secondary N) is 1. The summed E-state index contributed by atoms with van der Waals surface area (Å²) in [7, 11) is -5.50. The lowest BCUT2D eigenvalue weighted by molar-refractivity contribution is -0.139. The predicted molar refractivity (Wildman–Crippen MR) is 139 cm³/mol. The van der Waals surface area contributed by atoms with Crippen molar-refractivity contribution in [3.63, 3.8) is 0 Å². The third kappa shape index (κ3) is 6.38. The molecule has 2 amide bonds. The zero-order chi connectivity index (χ0) is 30.3. The molecule has 4 rings (SSSR count). The normalized spacial score (nSPS) is 17.7. The molecular weight excluding hydrogens is 597 g/mol. The van der Waals surface area contributed by atoms with Crippen LogP contribution in [0.25, 0.3) is 10.9 Å². The topological polar surface area (TPSA) is 106 Å². The van der Waals surface area contributed by atoms with Gasteiger partial charge in [-0.1, -0.05) is 35.9 Å². The Labute approximate surface area is 236 Å². The molecule has 0 aliphatic carbocycles. The highest BCUT2D eigenvalue weighted by Gasteiger charge is 2.45. The molecule has 41 heavy (non-hydrogen) atoms. The molecule has 2 atom stereocenters. The molecule has 0 bridgehead atoms. The molecule has 1 aliphatic rings. The number of benzene rings is 2. The maximum atomic E-state index is 14.4. The fourth-order valence-corrected chi connectivity index (χ4v) is 5.65. The standard InChI is InChI=1S/C26H23ClF5N3O5S/c1-14(36)19-11-34(21-7-15(5-6-18(19)21)13-41(39,40)26(30,31)32)12-23(37)35-10-17(28)8-22(35)25(38)33-9-16-3-2-4-20(27)24(16)29/h2-7,11,17,22H,8-10,12-13H2,1H3,(H,33,38)/t17-,22+/m1/s1. The van der Waals surface area contributed by atoms with E-state index in [-0.39, 0.29) is 45.6 Å². The van der Waals surface area contributed by atoms with Gasteiger partial charge in [0, 0.05) is 41.2 Å². The van der Waals surface area contributed by atoms with Gasteiger partial charge in [0.15, 0.2) is 5.78 Å². The van der Waals surface area contributed by atoms with Crippen LogP contribution in [-0.2, 0) is 38.3 Å². The van der Waals surface area contributed by atoms with Crippen molar-refractivity contribution in [3.8, 4) is 0 Å². The largest absolute Gasteiger partial charge is 0.497 e. The van der Waals surface area contributed by atoms with Crippen molar-refractivity contribution >= 4 is 49.9 Å². The third-order valence-electron chi connectivity index (χ3n) is 6.70. The van der Waals surface area contributed by atoms with Crippen LogP contribution in [0.4, 0.5) is 22.0 Å². The lowest BCUT2D eigenvalue weighted by atomic mass is 10.1. The Morgan fingerprint density at radius 3 is 2.51 bits per heavy atom. The number of Topliss-reactive ketones (excluding diaryl/α,β-unsaturated/α-hetero) is 1. The number of aromatic nitrogens is 1. The van der Waals surface area contributed by atoms with E-state index < -0.39 is 69.8 Å². The van der Waals surface area contributed by atoms with Crippen LogP contribution >= 0.6 is 11.6 Å². The second kappa shape index (κ2) is 11.4. The van der Waals surface area contributed by atoms with E-state index in [4.69, 9.17) is 11.6 Å². The van der Waals surface area contributed by atoms with Crippen molar-refractivity contribution in [1.29, 1.82) is 0 Å². The Kier molecular flexibility index (Phi) is 8.46. The first-order valence-corrected chi connectivity index (χ1v) is 14.2. The molecule has 1 aromatic heterocycles. The SMILES string of the molecule is CC(=O)c1cn(CC(=O)N2C[C@H](F)C[C@H]2C(=O)NCc2cccc(Cl)c2F)c2cc(CS(=O)(=O)C(F)(F)F)ccc12. The summed E-state index contributed by atoms with van der Waals surface area (Å²) in [6.07, 6.45) is -0.571. The minimum absolute atomic E-state index is 0.0810. The van der Waals surface area contributed by atoms with Crippen molar-refractivity contribution in [1.82, 2.24) is 14.8 Å². The van der Waals surface area contributed by atoms with Gasteiger partial charge in [0.05, 0.1) is 17.3 Å². The van der Waals surface area contributed by atoms with Crippen LogP contribution in [0.3, 0.4) is 0 Å². The van der Waals surface area contributed by atoms with Gasteiger partial charge in [-0.25, -0.2) is 17.2 Å². The highest BCUT2D eigenvalue weighted by Crippen LogP contribution is 2.30. The fourth-order valence-electron chi connectivity index (χ4n) is 4.67. The number of hydrogen-bond donors (Lipinski definition) is 1. The number of rotatable bonds is 8. The summed E-state index contributed by atoms with van der Waals surface area (Å²) < 4.78 is 91.9. The van der Waals surface area contributed by atoms with Gasteiger partial charge in [-0.2, -0.15) is 13.2 Å². The first-order chi connectivity index (χ1) is 19.1. The van der Waals surface area contributed by atoms with Crippen LogP contribution in [0.2, 0.25) is 5.02 Å². The lowest BCUT2D eigenvalue weighted by Gasteiger charge is -2.24. The molecule has 2 aromatic carbocycles. The first-order valence-electron chi connectivity index (χ1n) is 12.1. The molecule has 0 radical (unpaired) electrons. The van der Waals surface area contributed by atoms with Gasteiger partial charge in [-0.3, -0.25) is 14.4 Å². The van der Waals surface area contributed by atoms with E-state index in [2.05, 4.69) is 5.32 Å². The number of fused-ring (bicyclic) bond motifs is 1. The van der Waals surface area contributed by atoms with Crippen LogP contribution in [0.1, 0.15) is 34.8 Å². The zero-order valence-electron chi connectivity index (χ0n) is 21.3. The molecule has 1 aliphatic heterocycles. The van der Waals surface area contributed by atoms with Gasteiger partial charge in [-0.05, 0) is 24.6 Å².